The van der Waals surface area contributed by atoms with E-state index in [0.29, 0.717) is 11.7 Å². The first kappa shape index (κ1) is 15.5. The van der Waals surface area contributed by atoms with Crippen LogP contribution in [0.4, 0.5) is 0 Å². The average Bonchev–Trinajstić information content (AvgIpc) is 3.23. The van der Waals surface area contributed by atoms with E-state index in [1.807, 2.05) is 30.3 Å². The predicted molar refractivity (Wildman–Crippen MR) is 104 cm³/mol. The maximum atomic E-state index is 6.25. The van der Waals surface area contributed by atoms with Crippen LogP contribution in [0.5, 0.6) is 11.6 Å². The van der Waals surface area contributed by atoms with E-state index in [4.69, 9.17) is 14.7 Å². The van der Waals surface area contributed by atoms with Crippen molar-refractivity contribution >= 4 is 21.6 Å². The second-order valence-corrected chi connectivity index (χ2v) is 7.63. The lowest BCUT2D eigenvalue weighted by Crippen LogP contribution is -1.96. The lowest BCUT2D eigenvalue weighted by atomic mass is 10.2. The van der Waals surface area contributed by atoms with E-state index in [2.05, 4.69) is 18.0 Å². The molecule has 1 aromatic carbocycles. The maximum absolute atomic E-state index is 6.25. The molecule has 4 aromatic rings. The summed E-state index contributed by atoms with van der Waals surface area (Å²) in [5.74, 6) is 2.12. The number of rotatable bonds is 3. The Morgan fingerprint density at radius 1 is 1.08 bits per heavy atom. The minimum absolute atomic E-state index is 0.652. The van der Waals surface area contributed by atoms with Crippen molar-refractivity contribution in [2.24, 2.45) is 0 Å². The van der Waals surface area contributed by atoms with Crippen LogP contribution in [0.1, 0.15) is 22.4 Å². The van der Waals surface area contributed by atoms with Crippen LogP contribution in [-0.2, 0) is 12.8 Å². The molecule has 5 rings (SSSR count). The lowest BCUT2D eigenvalue weighted by Gasteiger charge is -2.10. The fourth-order valence-corrected chi connectivity index (χ4v) is 4.70. The third kappa shape index (κ3) is 2.65. The van der Waals surface area contributed by atoms with Crippen LogP contribution >= 0.6 is 11.3 Å². The minimum atomic E-state index is 0.652. The van der Waals surface area contributed by atoms with Gasteiger partial charge in [-0.2, -0.15) is 4.98 Å². The maximum Gasteiger partial charge on any atom is 0.231 e. The number of ether oxygens (including phenoxy) is 1. The second-order valence-electron chi connectivity index (χ2n) is 6.55. The Morgan fingerprint density at radius 3 is 2.88 bits per heavy atom. The molecule has 0 amide bonds. The van der Waals surface area contributed by atoms with Crippen LogP contribution in [0.15, 0.2) is 48.8 Å². The monoisotopic (exact) mass is 359 g/mol. The quantitative estimate of drug-likeness (QED) is 0.495. The van der Waals surface area contributed by atoms with Gasteiger partial charge in [0.05, 0.1) is 5.39 Å². The molecule has 0 saturated carbocycles. The number of nitrogens with zero attached hydrogens (tertiary/aromatic N) is 3. The molecule has 1 aliphatic carbocycles. The molecule has 0 aliphatic heterocycles. The largest absolute Gasteiger partial charge is 0.438 e. The third-order valence-electron chi connectivity index (χ3n) is 4.66. The third-order valence-corrected chi connectivity index (χ3v) is 5.84. The molecule has 3 heterocycles. The van der Waals surface area contributed by atoms with E-state index in [-0.39, 0.29) is 0 Å². The van der Waals surface area contributed by atoms with E-state index in [1.165, 1.54) is 16.9 Å². The highest BCUT2D eigenvalue weighted by atomic mass is 32.1. The van der Waals surface area contributed by atoms with Crippen molar-refractivity contribution in [3.05, 3.63) is 64.8 Å². The van der Waals surface area contributed by atoms with Crippen molar-refractivity contribution in [1.29, 1.82) is 0 Å². The Labute approximate surface area is 155 Å². The molecule has 0 saturated heterocycles. The highest BCUT2D eigenvalue weighted by Crippen LogP contribution is 2.42. The van der Waals surface area contributed by atoms with Gasteiger partial charge >= 0.3 is 0 Å². The molecule has 128 valence electrons. The summed E-state index contributed by atoms with van der Waals surface area (Å²) in [5, 5.41) is 1.08. The van der Waals surface area contributed by atoms with Gasteiger partial charge in [-0.25, -0.2) is 4.98 Å². The summed E-state index contributed by atoms with van der Waals surface area (Å²) >= 11 is 1.77. The van der Waals surface area contributed by atoms with Gasteiger partial charge in [-0.05, 0) is 61.6 Å². The summed E-state index contributed by atoms with van der Waals surface area (Å²) in [4.78, 5) is 16.2. The zero-order valence-corrected chi connectivity index (χ0v) is 15.2. The summed E-state index contributed by atoms with van der Waals surface area (Å²) in [6, 6.07) is 11.9. The van der Waals surface area contributed by atoms with Crippen LogP contribution in [-0.4, -0.2) is 15.0 Å². The molecule has 5 heteroatoms. The SMILES string of the molecule is Cc1cccc(Oc2nc(-c3cccnc3)nc3sc4c(c23)CCC4)c1. The Kier molecular flexibility index (Phi) is 3.68. The molecule has 26 heavy (non-hydrogen) atoms. The molecule has 4 nitrogen and oxygen atoms in total. The Morgan fingerprint density at radius 2 is 2.04 bits per heavy atom. The smallest absolute Gasteiger partial charge is 0.231 e. The van der Waals surface area contributed by atoms with E-state index in [1.54, 1.807) is 23.7 Å². The Bertz CT molecular complexity index is 1110. The molecule has 0 spiro atoms. The predicted octanol–water partition coefficient (Wildman–Crippen LogP) is 5.34. The highest BCUT2D eigenvalue weighted by Gasteiger charge is 2.24. The molecule has 0 bridgehead atoms. The molecule has 3 aromatic heterocycles. The first-order valence-corrected chi connectivity index (χ1v) is 9.57. The van der Waals surface area contributed by atoms with E-state index >= 15 is 0 Å². The van der Waals surface area contributed by atoms with Crippen LogP contribution in [0.25, 0.3) is 21.6 Å². The fourth-order valence-electron chi connectivity index (χ4n) is 3.45. The summed E-state index contributed by atoms with van der Waals surface area (Å²) in [6.45, 7) is 2.06. The van der Waals surface area contributed by atoms with Crippen LogP contribution in [0.3, 0.4) is 0 Å². The number of fused-ring (bicyclic) bond motifs is 3. The zero-order chi connectivity index (χ0) is 17.5. The van der Waals surface area contributed by atoms with Crippen molar-refractivity contribution in [2.45, 2.75) is 26.2 Å². The number of hydrogen-bond donors (Lipinski definition) is 0. The first-order valence-electron chi connectivity index (χ1n) is 8.75. The van der Waals surface area contributed by atoms with Crippen molar-refractivity contribution < 1.29 is 4.74 Å². The zero-order valence-electron chi connectivity index (χ0n) is 14.4. The van der Waals surface area contributed by atoms with Gasteiger partial charge in [-0.1, -0.05) is 12.1 Å². The van der Waals surface area contributed by atoms with Crippen molar-refractivity contribution in [3.63, 3.8) is 0 Å². The normalized spacial score (nSPS) is 13.1. The number of hydrogen-bond acceptors (Lipinski definition) is 5. The van der Waals surface area contributed by atoms with E-state index in [0.717, 1.165) is 39.9 Å². The van der Waals surface area contributed by atoms with Gasteiger partial charge in [0.15, 0.2) is 5.82 Å². The summed E-state index contributed by atoms with van der Waals surface area (Å²) in [7, 11) is 0. The van der Waals surface area contributed by atoms with Gasteiger partial charge in [0, 0.05) is 22.8 Å². The van der Waals surface area contributed by atoms with Gasteiger partial charge < -0.3 is 4.74 Å². The molecular formula is C21H17N3OS. The van der Waals surface area contributed by atoms with Crippen molar-refractivity contribution in [2.75, 3.05) is 0 Å². The molecular weight excluding hydrogens is 342 g/mol. The number of benzene rings is 1. The molecule has 0 atom stereocenters. The van der Waals surface area contributed by atoms with Gasteiger partial charge in [0.1, 0.15) is 10.6 Å². The number of thiophene rings is 1. The summed E-state index contributed by atoms with van der Waals surface area (Å²) in [6.07, 6.45) is 6.95. The molecule has 0 N–H and O–H groups in total. The van der Waals surface area contributed by atoms with E-state index in [9.17, 15) is 0 Å². The van der Waals surface area contributed by atoms with E-state index < -0.39 is 0 Å². The average molecular weight is 359 g/mol. The van der Waals surface area contributed by atoms with Gasteiger partial charge in [-0.15, -0.1) is 11.3 Å². The molecule has 0 fully saturated rings. The minimum Gasteiger partial charge on any atom is -0.438 e. The van der Waals surface area contributed by atoms with Gasteiger partial charge in [0.2, 0.25) is 5.88 Å². The standard InChI is InChI=1S/C21H17N3OS/c1-13-5-2-7-15(11-13)25-20-18-16-8-3-9-17(16)26-21(18)24-19(23-20)14-6-4-10-22-12-14/h2,4-7,10-12H,3,8-9H2,1H3. The van der Waals surface area contributed by atoms with Crippen LogP contribution < -0.4 is 4.74 Å². The first-order chi connectivity index (χ1) is 12.8. The number of pyridine rings is 1. The molecule has 1 aliphatic rings. The van der Waals surface area contributed by atoms with Crippen LogP contribution in [0.2, 0.25) is 0 Å². The summed E-state index contributed by atoms with van der Waals surface area (Å²) < 4.78 is 6.25. The van der Waals surface area contributed by atoms with Crippen LogP contribution in [0, 0.1) is 6.92 Å². The second kappa shape index (κ2) is 6.18. The highest BCUT2D eigenvalue weighted by molar-refractivity contribution is 7.19. The number of aromatic nitrogens is 3. The molecule has 0 radical (unpaired) electrons. The Hall–Kier alpha value is -2.79. The molecule has 0 unspecified atom stereocenters. The van der Waals surface area contributed by atoms with Crippen molar-refractivity contribution in [1.82, 2.24) is 15.0 Å². The fraction of sp³-hybridized carbons (Fsp3) is 0.190. The van der Waals surface area contributed by atoms with Gasteiger partial charge in [-0.3, -0.25) is 4.98 Å². The van der Waals surface area contributed by atoms with Gasteiger partial charge in [0.25, 0.3) is 0 Å². The topological polar surface area (TPSA) is 47.9 Å². The number of aryl methyl sites for hydroxylation is 3. The lowest BCUT2D eigenvalue weighted by molar-refractivity contribution is 0.468. The van der Waals surface area contributed by atoms with Crippen molar-refractivity contribution in [3.8, 4) is 23.0 Å². The Balaban J connectivity index is 1.70. The summed E-state index contributed by atoms with van der Waals surface area (Å²) in [5.41, 5.74) is 3.43.